The van der Waals surface area contributed by atoms with E-state index < -0.39 is 0 Å². The van der Waals surface area contributed by atoms with Crippen molar-refractivity contribution < 1.29 is 19.1 Å². The van der Waals surface area contributed by atoms with E-state index in [0.29, 0.717) is 12.8 Å². The Morgan fingerprint density at radius 2 is 0.690 bits per heavy atom. The molecule has 2 atom stereocenters. The Balaban J connectivity index is 4.36. The highest BCUT2D eigenvalue weighted by Gasteiger charge is 2.24. The van der Waals surface area contributed by atoms with Crippen LogP contribution in [0.15, 0.2) is 0 Å². The van der Waals surface area contributed by atoms with E-state index in [9.17, 15) is 9.59 Å². The monoisotopic (exact) mass is 595 g/mol. The molecule has 0 aliphatic carbocycles. The molecule has 0 radical (unpaired) electrons. The van der Waals surface area contributed by atoms with Crippen LogP contribution in [0, 0.1) is 0 Å². The zero-order valence-electron chi connectivity index (χ0n) is 29.0. The molecule has 0 saturated carbocycles. The highest BCUT2D eigenvalue weighted by atomic mass is 16.6. The van der Waals surface area contributed by atoms with Gasteiger partial charge in [0.15, 0.2) is 0 Å². The first-order valence-electron chi connectivity index (χ1n) is 18.9. The predicted octanol–water partition coefficient (Wildman–Crippen LogP) is 12.6. The van der Waals surface area contributed by atoms with E-state index in [-0.39, 0.29) is 24.1 Å². The van der Waals surface area contributed by atoms with Crippen molar-refractivity contribution in [2.75, 3.05) is 0 Å². The highest BCUT2D eigenvalue weighted by Crippen LogP contribution is 2.19. The fourth-order valence-electron chi connectivity index (χ4n) is 5.78. The smallest absolute Gasteiger partial charge is 0.306 e. The van der Waals surface area contributed by atoms with Crippen LogP contribution in [0.2, 0.25) is 0 Å². The van der Waals surface area contributed by atoms with Gasteiger partial charge in [-0.2, -0.15) is 0 Å². The van der Waals surface area contributed by atoms with Crippen LogP contribution < -0.4 is 0 Å². The number of esters is 2. The molecule has 0 heterocycles. The van der Waals surface area contributed by atoms with Gasteiger partial charge in [-0.3, -0.25) is 9.59 Å². The van der Waals surface area contributed by atoms with E-state index in [0.717, 1.165) is 44.9 Å². The fourth-order valence-corrected chi connectivity index (χ4v) is 5.78. The van der Waals surface area contributed by atoms with Crippen LogP contribution in [0.1, 0.15) is 220 Å². The molecule has 0 N–H and O–H groups in total. The van der Waals surface area contributed by atoms with Gasteiger partial charge >= 0.3 is 11.9 Å². The van der Waals surface area contributed by atoms with Crippen molar-refractivity contribution in [3.8, 4) is 0 Å². The third-order valence-corrected chi connectivity index (χ3v) is 8.68. The van der Waals surface area contributed by atoms with Crippen LogP contribution in [0.5, 0.6) is 0 Å². The van der Waals surface area contributed by atoms with Crippen LogP contribution in [-0.4, -0.2) is 24.1 Å². The Kier molecular flexibility index (Phi) is 32.0. The number of carbonyl (C=O) groups is 2. The molecule has 0 aliphatic rings. The second-order valence-corrected chi connectivity index (χ2v) is 13.0. The largest absolute Gasteiger partial charge is 0.459 e. The first kappa shape index (κ1) is 40.9. The predicted molar refractivity (Wildman–Crippen MR) is 181 cm³/mol. The van der Waals surface area contributed by atoms with Crippen LogP contribution in [0.3, 0.4) is 0 Å². The van der Waals surface area contributed by atoms with Gasteiger partial charge in [0, 0.05) is 12.8 Å². The second-order valence-electron chi connectivity index (χ2n) is 13.0. The molecule has 0 aromatic rings. The molecular weight excluding hydrogens is 520 g/mol. The molecule has 2 unspecified atom stereocenters. The molecule has 0 aromatic carbocycles. The minimum absolute atomic E-state index is 0.124. The van der Waals surface area contributed by atoms with Gasteiger partial charge in [-0.05, 0) is 32.6 Å². The Bertz CT molecular complexity index is 575. The summed E-state index contributed by atoms with van der Waals surface area (Å²) >= 11 is 0. The molecule has 0 aliphatic heterocycles. The van der Waals surface area contributed by atoms with Gasteiger partial charge in [0.25, 0.3) is 0 Å². The van der Waals surface area contributed by atoms with Gasteiger partial charge < -0.3 is 9.47 Å². The quantitative estimate of drug-likeness (QED) is 0.0560. The molecule has 42 heavy (non-hydrogen) atoms. The summed E-state index contributed by atoms with van der Waals surface area (Å²) < 4.78 is 11.7. The summed E-state index contributed by atoms with van der Waals surface area (Å²) in [4.78, 5) is 25.3. The molecule has 0 spiro atoms. The Hall–Kier alpha value is -1.06. The SMILES string of the molecule is CCCCCCCCCCCC(=O)OC(C)C(CCCCCCCCCCC)OC(=O)CCCCCCCCCCC. The Morgan fingerprint density at radius 1 is 0.405 bits per heavy atom. The van der Waals surface area contributed by atoms with Crippen molar-refractivity contribution in [1.29, 1.82) is 0 Å². The lowest BCUT2D eigenvalue weighted by Gasteiger charge is -2.24. The minimum Gasteiger partial charge on any atom is -0.459 e. The third-order valence-electron chi connectivity index (χ3n) is 8.68. The van der Waals surface area contributed by atoms with Crippen molar-refractivity contribution in [2.24, 2.45) is 0 Å². The average Bonchev–Trinajstić information content (AvgIpc) is 2.97. The lowest BCUT2D eigenvalue weighted by atomic mass is 10.0. The van der Waals surface area contributed by atoms with E-state index in [1.165, 1.54) is 135 Å². The number of rotatable bonds is 33. The van der Waals surface area contributed by atoms with E-state index in [1.807, 2.05) is 6.92 Å². The number of unbranched alkanes of at least 4 members (excludes halogenated alkanes) is 24. The van der Waals surface area contributed by atoms with Crippen LogP contribution in [0.25, 0.3) is 0 Å². The number of hydrogen-bond donors (Lipinski definition) is 0. The number of ether oxygens (including phenoxy) is 2. The number of hydrogen-bond acceptors (Lipinski definition) is 4. The van der Waals surface area contributed by atoms with E-state index in [4.69, 9.17) is 9.47 Å². The van der Waals surface area contributed by atoms with Crippen LogP contribution >= 0.6 is 0 Å². The normalized spacial score (nSPS) is 12.8. The van der Waals surface area contributed by atoms with Gasteiger partial charge in [0.1, 0.15) is 12.2 Å². The maximum absolute atomic E-state index is 12.7. The topological polar surface area (TPSA) is 52.6 Å². The first-order valence-corrected chi connectivity index (χ1v) is 18.9. The van der Waals surface area contributed by atoms with E-state index in [2.05, 4.69) is 20.8 Å². The molecule has 4 heteroatoms. The summed E-state index contributed by atoms with van der Waals surface area (Å²) in [5.74, 6) is -0.266. The summed E-state index contributed by atoms with van der Waals surface area (Å²) in [6.07, 6.45) is 34.6. The molecule has 0 rings (SSSR count). The zero-order chi connectivity index (χ0) is 30.9. The van der Waals surface area contributed by atoms with Crippen molar-refractivity contribution in [3.63, 3.8) is 0 Å². The molecular formula is C38H74O4. The van der Waals surface area contributed by atoms with Gasteiger partial charge in [-0.1, -0.05) is 175 Å². The average molecular weight is 595 g/mol. The summed E-state index contributed by atoms with van der Waals surface area (Å²) in [7, 11) is 0. The molecule has 0 saturated heterocycles. The van der Waals surface area contributed by atoms with Crippen LogP contribution in [-0.2, 0) is 19.1 Å². The van der Waals surface area contributed by atoms with Gasteiger partial charge in [0.05, 0.1) is 0 Å². The zero-order valence-corrected chi connectivity index (χ0v) is 29.0. The van der Waals surface area contributed by atoms with Gasteiger partial charge in [-0.15, -0.1) is 0 Å². The van der Waals surface area contributed by atoms with Crippen molar-refractivity contribution >= 4 is 11.9 Å². The summed E-state index contributed by atoms with van der Waals surface area (Å²) in [5, 5.41) is 0. The summed E-state index contributed by atoms with van der Waals surface area (Å²) in [6, 6.07) is 0. The van der Waals surface area contributed by atoms with Gasteiger partial charge in [-0.25, -0.2) is 0 Å². The maximum atomic E-state index is 12.7. The fraction of sp³-hybridized carbons (Fsp3) is 0.947. The lowest BCUT2D eigenvalue weighted by molar-refractivity contribution is -0.167. The minimum atomic E-state index is -0.378. The highest BCUT2D eigenvalue weighted by molar-refractivity contribution is 5.70. The summed E-state index contributed by atoms with van der Waals surface area (Å²) in [6.45, 7) is 8.68. The molecule has 0 bridgehead atoms. The molecule has 0 amide bonds. The molecule has 250 valence electrons. The standard InChI is InChI=1S/C38H74O4/c1-5-8-11-14-17-20-23-26-29-32-36(42-38(40)34-31-28-25-22-19-16-13-10-7-3)35(4)41-37(39)33-30-27-24-21-18-15-12-9-6-2/h35-36H,5-34H2,1-4H3. The molecule has 0 fully saturated rings. The van der Waals surface area contributed by atoms with Crippen molar-refractivity contribution in [3.05, 3.63) is 0 Å². The van der Waals surface area contributed by atoms with Crippen molar-refractivity contribution in [1.82, 2.24) is 0 Å². The Morgan fingerprint density at radius 3 is 1.05 bits per heavy atom. The first-order chi connectivity index (χ1) is 20.5. The number of carbonyl (C=O) groups excluding carboxylic acids is 2. The van der Waals surface area contributed by atoms with E-state index in [1.54, 1.807) is 0 Å². The third kappa shape index (κ3) is 29.0. The van der Waals surface area contributed by atoms with E-state index >= 15 is 0 Å². The maximum Gasteiger partial charge on any atom is 0.306 e. The second kappa shape index (κ2) is 32.8. The van der Waals surface area contributed by atoms with Gasteiger partial charge in [0.2, 0.25) is 0 Å². The molecule has 0 aromatic heterocycles. The lowest BCUT2D eigenvalue weighted by Crippen LogP contribution is -2.33. The molecule has 4 nitrogen and oxygen atoms in total. The van der Waals surface area contributed by atoms with Crippen molar-refractivity contribution in [2.45, 2.75) is 233 Å². The van der Waals surface area contributed by atoms with Crippen LogP contribution in [0.4, 0.5) is 0 Å². The summed E-state index contributed by atoms with van der Waals surface area (Å²) in [5.41, 5.74) is 0. The Labute approximate surface area is 263 Å².